The van der Waals surface area contributed by atoms with Gasteiger partial charge in [0.1, 0.15) is 0 Å². The molecule has 0 radical (unpaired) electrons. The maximum absolute atomic E-state index is 3.25. The van der Waals surface area contributed by atoms with Crippen LogP contribution in [-0.2, 0) is 0 Å². The highest BCUT2D eigenvalue weighted by Gasteiger charge is 2.41. The molecule has 0 spiro atoms. The van der Waals surface area contributed by atoms with Crippen LogP contribution in [0.3, 0.4) is 0 Å². The van der Waals surface area contributed by atoms with Gasteiger partial charge in [0.15, 0.2) is 0 Å². The summed E-state index contributed by atoms with van der Waals surface area (Å²) in [6.07, 6.45) is 3.43. The number of hydrogen-bond donors (Lipinski definition) is 1. The second-order valence-electron chi connectivity index (χ2n) is 2.57. The van der Waals surface area contributed by atoms with Crippen molar-refractivity contribution in [3.63, 3.8) is 0 Å². The molecule has 0 aromatic rings. The van der Waals surface area contributed by atoms with Crippen molar-refractivity contribution in [2.45, 2.75) is 25.8 Å². The standard InChI is InChI=1S/C7H13N/c1-4-6-5-7(6,2)8-3/h4,8H,5H2,1-3H3. The molecule has 1 atom stereocenters. The van der Waals surface area contributed by atoms with Crippen molar-refractivity contribution in [3.8, 4) is 0 Å². The van der Waals surface area contributed by atoms with E-state index < -0.39 is 0 Å². The number of hydrogen-bond acceptors (Lipinski definition) is 1. The zero-order valence-electron chi connectivity index (χ0n) is 5.78. The minimum atomic E-state index is 0.370. The Morgan fingerprint density at radius 3 is 2.50 bits per heavy atom. The summed E-state index contributed by atoms with van der Waals surface area (Å²) in [5, 5.41) is 3.25. The van der Waals surface area contributed by atoms with Crippen molar-refractivity contribution in [2.24, 2.45) is 0 Å². The average molecular weight is 111 g/mol. The van der Waals surface area contributed by atoms with Gasteiger partial charge >= 0.3 is 0 Å². The van der Waals surface area contributed by atoms with E-state index in [2.05, 4.69) is 25.2 Å². The van der Waals surface area contributed by atoms with Crippen LogP contribution in [0.4, 0.5) is 0 Å². The van der Waals surface area contributed by atoms with Crippen LogP contribution in [-0.4, -0.2) is 12.6 Å². The topological polar surface area (TPSA) is 12.0 Å². The lowest BCUT2D eigenvalue weighted by atomic mass is 10.3. The van der Waals surface area contributed by atoms with Gasteiger partial charge in [-0.05, 0) is 27.3 Å². The summed E-state index contributed by atoms with van der Waals surface area (Å²) in [5.41, 5.74) is 1.91. The molecule has 1 fully saturated rings. The van der Waals surface area contributed by atoms with Crippen molar-refractivity contribution in [3.05, 3.63) is 11.6 Å². The molecule has 1 aliphatic rings. The summed E-state index contributed by atoms with van der Waals surface area (Å²) in [6.45, 7) is 4.32. The molecule has 1 heteroatoms. The Morgan fingerprint density at radius 2 is 2.38 bits per heavy atom. The summed E-state index contributed by atoms with van der Waals surface area (Å²) in [7, 11) is 2.01. The zero-order chi connectivity index (χ0) is 6.20. The predicted octanol–water partition coefficient (Wildman–Crippen LogP) is 1.31. The Labute approximate surface area is 50.8 Å². The fraction of sp³-hybridized carbons (Fsp3) is 0.714. The van der Waals surface area contributed by atoms with E-state index in [0.717, 1.165) is 0 Å². The van der Waals surface area contributed by atoms with E-state index in [0.29, 0.717) is 5.54 Å². The van der Waals surface area contributed by atoms with Crippen molar-refractivity contribution >= 4 is 0 Å². The third-order valence-electron chi connectivity index (χ3n) is 2.03. The molecule has 0 amide bonds. The molecule has 0 aliphatic heterocycles. The minimum Gasteiger partial charge on any atom is -0.311 e. The van der Waals surface area contributed by atoms with Gasteiger partial charge in [0.2, 0.25) is 0 Å². The second-order valence-corrected chi connectivity index (χ2v) is 2.57. The molecule has 1 nitrogen and oxygen atoms in total. The number of nitrogens with one attached hydrogen (secondary N) is 1. The number of allylic oxidation sites excluding steroid dienone is 1. The Hall–Kier alpha value is -0.300. The van der Waals surface area contributed by atoms with E-state index in [9.17, 15) is 0 Å². The molecule has 0 bridgehead atoms. The van der Waals surface area contributed by atoms with Crippen LogP contribution in [0.15, 0.2) is 11.6 Å². The first-order chi connectivity index (χ1) is 3.73. The van der Waals surface area contributed by atoms with Crippen LogP contribution in [0, 0.1) is 0 Å². The summed E-state index contributed by atoms with van der Waals surface area (Å²) < 4.78 is 0. The molecule has 1 N–H and O–H groups in total. The summed E-state index contributed by atoms with van der Waals surface area (Å²) >= 11 is 0. The highest BCUT2D eigenvalue weighted by molar-refractivity contribution is 5.36. The molecule has 0 saturated heterocycles. The molecule has 0 aromatic heterocycles. The summed E-state index contributed by atoms with van der Waals surface area (Å²) in [4.78, 5) is 0. The smallest absolute Gasteiger partial charge is 0.0401 e. The quantitative estimate of drug-likeness (QED) is 0.503. The van der Waals surface area contributed by atoms with Crippen LogP contribution in [0.1, 0.15) is 20.3 Å². The Balaban J connectivity index is 2.55. The lowest BCUT2D eigenvalue weighted by Gasteiger charge is -2.02. The van der Waals surface area contributed by atoms with E-state index in [1.807, 2.05) is 7.05 Å². The van der Waals surface area contributed by atoms with Crippen LogP contribution in [0.25, 0.3) is 0 Å². The highest BCUT2D eigenvalue weighted by atomic mass is 15.0. The van der Waals surface area contributed by atoms with Gasteiger partial charge in [0.05, 0.1) is 0 Å². The van der Waals surface area contributed by atoms with Gasteiger partial charge in [-0.3, -0.25) is 0 Å². The first-order valence-corrected chi connectivity index (χ1v) is 3.07. The average Bonchev–Trinajstić information content (AvgIpc) is 2.44. The number of rotatable bonds is 1. The fourth-order valence-corrected chi connectivity index (χ4v) is 1.01. The lowest BCUT2D eigenvalue weighted by molar-refractivity contribution is 0.631. The third kappa shape index (κ3) is 0.671. The molecule has 1 rings (SSSR count). The molecule has 0 aromatic carbocycles. The zero-order valence-corrected chi connectivity index (χ0v) is 5.78. The first-order valence-electron chi connectivity index (χ1n) is 3.07. The fourth-order valence-electron chi connectivity index (χ4n) is 1.01. The van der Waals surface area contributed by atoms with Crippen LogP contribution < -0.4 is 5.32 Å². The highest BCUT2D eigenvalue weighted by Crippen LogP contribution is 2.41. The van der Waals surface area contributed by atoms with Gasteiger partial charge in [-0.25, -0.2) is 0 Å². The Bertz CT molecular complexity index is 126. The maximum atomic E-state index is 3.25. The summed E-state index contributed by atoms with van der Waals surface area (Å²) in [5.74, 6) is 0. The van der Waals surface area contributed by atoms with E-state index in [4.69, 9.17) is 0 Å². The molecule has 1 aliphatic carbocycles. The second kappa shape index (κ2) is 1.59. The Kier molecular flexibility index (Phi) is 1.16. The maximum Gasteiger partial charge on any atom is 0.0401 e. The van der Waals surface area contributed by atoms with Gasteiger partial charge in [-0.2, -0.15) is 0 Å². The van der Waals surface area contributed by atoms with E-state index in [1.165, 1.54) is 6.42 Å². The monoisotopic (exact) mass is 111 g/mol. The SMILES string of the molecule is CC=C1CC1(C)NC. The van der Waals surface area contributed by atoms with E-state index in [-0.39, 0.29) is 0 Å². The van der Waals surface area contributed by atoms with Crippen molar-refractivity contribution < 1.29 is 0 Å². The van der Waals surface area contributed by atoms with Crippen molar-refractivity contribution in [1.82, 2.24) is 5.32 Å². The lowest BCUT2D eigenvalue weighted by Crippen LogP contribution is -2.22. The molecule has 1 saturated carbocycles. The van der Waals surface area contributed by atoms with E-state index in [1.54, 1.807) is 5.57 Å². The molecule has 8 heavy (non-hydrogen) atoms. The largest absolute Gasteiger partial charge is 0.311 e. The van der Waals surface area contributed by atoms with Crippen molar-refractivity contribution in [1.29, 1.82) is 0 Å². The van der Waals surface area contributed by atoms with Gasteiger partial charge < -0.3 is 5.32 Å². The predicted molar refractivity (Wildman–Crippen MR) is 35.8 cm³/mol. The van der Waals surface area contributed by atoms with Crippen LogP contribution in [0.2, 0.25) is 0 Å². The molecular formula is C7H13N. The van der Waals surface area contributed by atoms with Gasteiger partial charge in [0, 0.05) is 5.54 Å². The molecule has 0 heterocycles. The Morgan fingerprint density at radius 1 is 1.75 bits per heavy atom. The minimum absolute atomic E-state index is 0.370. The normalized spacial score (nSPS) is 40.6. The first kappa shape index (κ1) is 5.83. The van der Waals surface area contributed by atoms with Gasteiger partial charge in [-0.15, -0.1) is 0 Å². The molecule has 1 unspecified atom stereocenters. The van der Waals surface area contributed by atoms with Crippen molar-refractivity contribution in [2.75, 3.05) is 7.05 Å². The van der Waals surface area contributed by atoms with E-state index >= 15 is 0 Å². The number of likely N-dealkylation sites (N-methyl/N-ethyl adjacent to an activating group) is 1. The third-order valence-corrected chi connectivity index (χ3v) is 2.03. The van der Waals surface area contributed by atoms with Gasteiger partial charge in [-0.1, -0.05) is 11.6 Å². The van der Waals surface area contributed by atoms with Gasteiger partial charge in [0.25, 0.3) is 0 Å². The molecular weight excluding hydrogens is 98.1 g/mol. The van der Waals surface area contributed by atoms with Crippen LogP contribution >= 0.6 is 0 Å². The molecule has 46 valence electrons. The van der Waals surface area contributed by atoms with Crippen LogP contribution in [0.5, 0.6) is 0 Å². The summed E-state index contributed by atoms with van der Waals surface area (Å²) in [6, 6.07) is 0.